The molecule has 0 amide bonds. The molecule has 3 N–H and O–H groups in total. The van der Waals surface area contributed by atoms with Gasteiger partial charge in [-0.15, -0.1) is 0 Å². The Bertz CT molecular complexity index is 881. The number of benzene rings is 2. The van der Waals surface area contributed by atoms with Crippen molar-refractivity contribution in [3.05, 3.63) is 48.0 Å². The van der Waals surface area contributed by atoms with Crippen LogP contribution in [0.25, 0.3) is 0 Å². The van der Waals surface area contributed by atoms with Crippen molar-refractivity contribution in [1.82, 2.24) is 4.72 Å². The highest BCUT2D eigenvalue weighted by molar-refractivity contribution is 7.89. The number of methoxy groups -OCH3 is 1. The van der Waals surface area contributed by atoms with Crippen molar-refractivity contribution < 1.29 is 23.1 Å². The molecule has 0 spiro atoms. The van der Waals surface area contributed by atoms with E-state index in [1.54, 1.807) is 24.3 Å². The van der Waals surface area contributed by atoms with E-state index < -0.39 is 16.0 Å². The summed E-state index contributed by atoms with van der Waals surface area (Å²) in [6.45, 7) is 2.26. The number of hydrogen-bond donors (Lipinski definition) is 3. The van der Waals surface area contributed by atoms with E-state index in [9.17, 15) is 18.3 Å². The van der Waals surface area contributed by atoms with E-state index >= 15 is 0 Å². The predicted molar refractivity (Wildman–Crippen MR) is 99.8 cm³/mol. The Kier molecular flexibility index (Phi) is 6.59. The second-order valence-corrected chi connectivity index (χ2v) is 7.36. The van der Waals surface area contributed by atoms with Crippen molar-refractivity contribution >= 4 is 27.4 Å². The zero-order valence-corrected chi connectivity index (χ0v) is 15.5. The fourth-order valence-corrected chi connectivity index (χ4v) is 3.44. The minimum absolute atomic E-state index is 0.0865. The van der Waals surface area contributed by atoms with Gasteiger partial charge in [0, 0.05) is 6.54 Å². The third-order valence-electron chi connectivity index (χ3n) is 3.73. The monoisotopic (exact) mass is 378 g/mol. The normalized spacial score (nSPS) is 11.2. The van der Waals surface area contributed by atoms with Crippen LogP contribution in [0.1, 0.15) is 30.1 Å². The van der Waals surface area contributed by atoms with Gasteiger partial charge >= 0.3 is 5.97 Å². The minimum Gasteiger partial charge on any atom is -0.495 e. The van der Waals surface area contributed by atoms with Crippen LogP contribution >= 0.6 is 0 Å². The maximum absolute atomic E-state index is 12.3. The summed E-state index contributed by atoms with van der Waals surface area (Å²) in [6, 6.07) is 11.0. The van der Waals surface area contributed by atoms with Crippen molar-refractivity contribution in [1.29, 1.82) is 0 Å². The van der Waals surface area contributed by atoms with Crippen LogP contribution in [0.2, 0.25) is 0 Å². The van der Waals surface area contributed by atoms with Gasteiger partial charge in [-0.25, -0.2) is 17.9 Å². The average molecular weight is 378 g/mol. The van der Waals surface area contributed by atoms with Gasteiger partial charge in [0.2, 0.25) is 10.0 Å². The highest BCUT2D eigenvalue weighted by Gasteiger charge is 2.19. The molecule has 0 fully saturated rings. The van der Waals surface area contributed by atoms with Crippen molar-refractivity contribution in [2.24, 2.45) is 0 Å². The first-order chi connectivity index (χ1) is 12.4. The van der Waals surface area contributed by atoms with E-state index in [0.29, 0.717) is 24.4 Å². The number of carbonyl (C=O) groups is 1. The van der Waals surface area contributed by atoms with Gasteiger partial charge in [-0.3, -0.25) is 0 Å². The predicted octanol–water partition coefficient (Wildman–Crippen LogP) is 3.22. The molecule has 0 bridgehead atoms. The van der Waals surface area contributed by atoms with Crippen molar-refractivity contribution in [2.75, 3.05) is 19.0 Å². The van der Waals surface area contributed by atoms with E-state index in [1.807, 2.05) is 6.92 Å². The number of sulfonamides is 1. The van der Waals surface area contributed by atoms with Gasteiger partial charge in [0.1, 0.15) is 5.75 Å². The van der Waals surface area contributed by atoms with Crippen LogP contribution in [-0.2, 0) is 10.0 Å². The molecule has 2 rings (SSSR count). The molecule has 0 heterocycles. The molecule has 0 aromatic heterocycles. The molecule has 140 valence electrons. The van der Waals surface area contributed by atoms with E-state index in [4.69, 9.17) is 4.74 Å². The molecule has 0 atom stereocenters. The molecule has 7 nitrogen and oxygen atoms in total. The molecule has 0 aliphatic heterocycles. The molecular formula is C18H22N2O5S. The summed E-state index contributed by atoms with van der Waals surface area (Å²) < 4.78 is 32.3. The van der Waals surface area contributed by atoms with Gasteiger partial charge in [0.25, 0.3) is 0 Å². The Balaban J connectivity index is 2.36. The van der Waals surface area contributed by atoms with Gasteiger partial charge in [0.05, 0.1) is 28.9 Å². The molecule has 2 aromatic rings. The van der Waals surface area contributed by atoms with Gasteiger partial charge < -0.3 is 15.2 Å². The molecule has 2 aromatic carbocycles. The van der Waals surface area contributed by atoms with E-state index in [1.165, 1.54) is 19.2 Å². The Morgan fingerprint density at radius 1 is 1.15 bits per heavy atom. The van der Waals surface area contributed by atoms with Crippen LogP contribution in [0.15, 0.2) is 47.4 Å². The summed E-state index contributed by atoms with van der Waals surface area (Å²) >= 11 is 0. The minimum atomic E-state index is -3.76. The summed E-state index contributed by atoms with van der Waals surface area (Å²) in [7, 11) is -2.25. The lowest BCUT2D eigenvalue weighted by Gasteiger charge is -2.14. The number of aromatic carboxylic acids is 1. The quantitative estimate of drug-likeness (QED) is 0.579. The van der Waals surface area contributed by atoms with E-state index in [2.05, 4.69) is 10.0 Å². The number of para-hydroxylation sites is 2. The average Bonchev–Trinajstić information content (AvgIpc) is 2.62. The largest absolute Gasteiger partial charge is 0.495 e. The molecule has 0 saturated carbocycles. The second-order valence-electron chi connectivity index (χ2n) is 5.59. The van der Waals surface area contributed by atoms with Gasteiger partial charge in [0.15, 0.2) is 0 Å². The SMILES string of the molecule is CCCCNS(=O)(=O)c1ccc(Nc2ccccc2OC)c(C(=O)O)c1. The van der Waals surface area contributed by atoms with Gasteiger partial charge in [-0.2, -0.15) is 0 Å². The van der Waals surface area contributed by atoms with Crippen molar-refractivity contribution in [3.8, 4) is 5.75 Å². The molecular weight excluding hydrogens is 356 g/mol. The summed E-state index contributed by atoms with van der Waals surface area (Å²) in [5, 5.41) is 12.5. The lowest BCUT2D eigenvalue weighted by atomic mass is 10.1. The Labute approximate surface area is 153 Å². The third-order valence-corrected chi connectivity index (χ3v) is 5.19. The fourth-order valence-electron chi connectivity index (χ4n) is 2.34. The number of carboxylic acids is 1. The van der Waals surface area contributed by atoms with Gasteiger partial charge in [-0.05, 0) is 36.8 Å². The molecule has 26 heavy (non-hydrogen) atoms. The molecule has 8 heteroatoms. The maximum Gasteiger partial charge on any atom is 0.337 e. The molecule has 0 unspecified atom stereocenters. The molecule has 0 radical (unpaired) electrons. The first-order valence-electron chi connectivity index (χ1n) is 8.16. The zero-order chi connectivity index (χ0) is 19.2. The van der Waals surface area contributed by atoms with Gasteiger partial charge in [-0.1, -0.05) is 25.5 Å². The zero-order valence-electron chi connectivity index (χ0n) is 14.7. The van der Waals surface area contributed by atoms with Crippen LogP contribution in [-0.4, -0.2) is 33.1 Å². The molecule has 0 aliphatic rings. The standard InChI is InChI=1S/C18H22N2O5S/c1-3-4-11-19-26(23,24)13-9-10-15(14(12-13)18(21)22)20-16-7-5-6-8-17(16)25-2/h5-10,12,19-20H,3-4,11H2,1-2H3,(H,21,22). The van der Waals surface area contributed by atoms with E-state index in [0.717, 1.165) is 12.5 Å². The summed E-state index contributed by atoms with van der Waals surface area (Å²) in [4.78, 5) is 11.5. The summed E-state index contributed by atoms with van der Waals surface area (Å²) in [5.41, 5.74) is 0.706. The lowest BCUT2D eigenvalue weighted by Crippen LogP contribution is -2.25. The number of nitrogens with one attached hydrogen (secondary N) is 2. The third kappa shape index (κ3) is 4.74. The smallest absolute Gasteiger partial charge is 0.337 e. The van der Waals surface area contributed by atoms with Crippen molar-refractivity contribution in [2.45, 2.75) is 24.7 Å². The number of anilines is 2. The number of hydrogen-bond acceptors (Lipinski definition) is 5. The molecule has 0 saturated heterocycles. The van der Waals surface area contributed by atoms with E-state index in [-0.39, 0.29) is 16.1 Å². The van der Waals surface area contributed by atoms with Crippen LogP contribution in [0.3, 0.4) is 0 Å². The highest BCUT2D eigenvalue weighted by atomic mass is 32.2. The number of rotatable bonds is 9. The first-order valence-corrected chi connectivity index (χ1v) is 9.64. The first kappa shape index (κ1) is 19.7. The molecule has 0 aliphatic carbocycles. The topological polar surface area (TPSA) is 105 Å². The number of unbranched alkanes of at least 4 members (excludes halogenated alkanes) is 1. The van der Waals surface area contributed by atoms with Crippen LogP contribution in [0.4, 0.5) is 11.4 Å². The lowest BCUT2D eigenvalue weighted by molar-refractivity contribution is 0.0697. The van der Waals surface area contributed by atoms with Crippen molar-refractivity contribution in [3.63, 3.8) is 0 Å². The Morgan fingerprint density at radius 3 is 2.54 bits per heavy atom. The summed E-state index contributed by atoms with van der Waals surface area (Å²) in [5.74, 6) is -0.685. The fraction of sp³-hybridized carbons (Fsp3) is 0.278. The van der Waals surface area contributed by atoms with Crippen LogP contribution in [0, 0.1) is 0 Å². The second kappa shape index (κ2) is 8.68. The number of ether oxygens (including phenoxy) is 1. The highest BCUT2D eigenvalue weighted by Crippen LogP contribution is 2.30. The van der Waals surface area contributed by atoms with Crippen LogP contribution in [0.5, 0.6) is 5.75 Å². The van der Waals surface area contributed by atoms with Crippen LogP contribution < -0.4 is 14.8 Å². The Morgan fingerprint density at radius 2 is 1.88 bits per heavy atom. The maximum atomic E-state index is 12.3. The Hall–Kier alpha value is -2.58. The summed E-state index contributed by atoms with van der Waals surface area (Å²) in [6.07, 6.45) is 1.56. The number of carboxylic acid groups (broad SMARTS) is 1.